The first-order chi connectivity index (χ1) is 7.66. The molecule has 0 bridgehead atoms. The minimum absolute atomic E-state index is 0.0343. The molecule has 1 aromatic carbocycles. The van der Waals surface area contributed by atoms with Crippen LogP contribution in [0.1, 0.15) is 10.5 Å². The molecule has 82 valence electrons. The van der Waals surface area contributed by atoms with Crippen LogP contribution < -0.4 is 5.32 Å². The van der Waals surface area contributed by atoms with Gasteiger partial charge in [0.25, 0.3) is 5.91 Å². The standard InChI is InChI=1S/C10H7ClN2O2S/c11-6-1-2-9(14)7(3-6)13-10(15)8-4-16-5-12-8/h1-5,14H,(H,13,15). The molecule has 1 aromatic heterocycles. The second-order valence-electron chi connectivity index (χ2n) is 2.99. The van der Waals surface area contributed by atoms with E-state index in [1.165, 1.54) is 29.5 Å². The van der Waals surface area contributed by atoms with Gasteiger partial charge < -0.3 is 10.4 Å². The summed E-state index contributed by atoms with van der Waals surface area (Å²) in [6, 6.07) is 4.43. The lowest BCUT2D eigenvalue weighted by Gasteiger charge is -2.05. The molecule has 0 radical (unpaired) electrons. The Balaban J connectivity index is 2.21. The molecule has 2 N–H and O–H groups in total. The number of thiazole rings is 1. The van der Waals surface area contributed by atoms with Gasteiger partial charge in [-0.25, -0.2) is 4.98 Å². The third-order valence-electron chi connectivity index (χ3n) is 1.87. The normalized spacial score (nSPS) is 10.1. The van der Waals surface area contributed by atoms with E-state index in [0.717, 1.165) is 0 Å². The van der Waals surface area contributed by atoms with E-state index in [1.807, 2.05) is 0 Å². The fourth-order valence-electron chi connectivity index (χ4n) is 1.12. The topological polar surface area (TPSA) is 62.2 Å². The summed E-state index contributed by atoms with van der Waals surface area (Å²) in [6.07, 6.45) is 0. The van der Waals surface area contributed by atoms with Gasteiger partial charge in [-0.05, 0) is 18.2 Å². The monoisotopic (exact) mass is 254 g/mol. The first-order valence-corrected chi connectivity index (χ1v) is 5.67. The Bertz CT molecular complexity index is 514. The number of benzene rings is 1. The SMILES string of the molecule is O=C(Nc1cc(Cl)ccc1O)c1cscn1. The minimum Gasteiger partial charge on any atom is -0.506 e. The zero-order valence-corrected chi connectivity index (χ0v) is 9.55. The maximum absolute atomic E-state index is 11.6. The smallest absolute Gasteiger partial charge is 0.275 e. The summed E-state index contributed by atoms with van der Waals surface area (Å²) in [4.78, 5) is 15.5. The van der Waals surface area contributed by atoms with Gasteiger partial charge in [0.15, 0.2) is 0 Å². The number of halogens is 1. The van der Waals surface area contributed by atoms with E-state index in [4.69, 9.17) is 11.6 Å². The fourth-order valence-corrected chi connectivity index (χ4v) is 1.82. The lowest BCUT2D eigenvalue weighted by molar-refractivity contribution is 0.102. The van der Waals surface area contributed by atoms with Gasteiger partial charge in [-0.15, -0.1) is 11.3 Å². The highest BCUT2D eigenvalue weighted by Gasteiger charge is 2.10. The van der Waals surface area contributed by atoms with E-state index in [2.05, 4.69) is 10.3 Å². The number of aromatic hydroxyl groups is 1. The van der Waals surface area contributed by atoms with E-state index in [-0.39, 0.29) is 17.3 Å². The van der Waals surface area contributed by atoms with Crippen molar-refractivity contribution in [3.63, 3.8) is 0 Å². The zero-order chi connectivity index (χ0) is 11.5. The quantitative estimate of drug-likeness (QED) is 0.810. The highest BCUT2D eigenvalue weighted by atomic mass is 35.5. The van der Waals surface area contributed by atoms with E-state index in [0.29, 0.717) is 10.7 Å². The van der Waals surface area contributed by atoms with Crippen LogP contribution in [0.25, 0.3) is 0 Å². The number of phenolic OH excluding ortho intramolecular Hbond substituents is 1. The molecule has 6 heteroatoms. The van der Waals surface area contributed by atoms with Crippen LogP contribution in [-0.4, -0.2) is 16.0 Å². The number of phenols is 1. The van der Waals surface area contributed by atoms with Crippen molar-refractivity contribution >= 4 is 34.5 Å². The Morgan fingerprint density at radius 3 is 3.00 bits per heavy atom. The van der Waals surface area contributed by atoms with Crippen molar-refractivity contribution in [1.29, 1.82) is 0 Å². The molecule has 2 aromatic rings. The number of anilines is 1. The minimum atomic E-state index is -0.376. The molecule has 0 aliphatic heterocycles. The molecule has 0 spiro atoms. The fraction of sp³-hybridized carbons (Fsp3) is 0. The summed E-state index contributed by atoms with van der Waals surface area (Å²) in [5.74, 6) is -0.410. The van der Waals surface area contributed by atoms with Crippen molar-refractivity contribution in [2.75, 3.05) is 5.32 Å². The Morgan fingerprint density at radius 1 is 1.50 bits per heavy atom. The average Bonchev–Trinajstić information content (AvgIpc) is 2.76. The number of nitrogens with zero attached hydrogens (tertiary/aromatic N) is 1. The van der Waals surface area contributed by atoms with Gasteiger partial charge in [0.05, 0.1) is 11.2 Å². The van der Waals surface area contributed by atoms with Crippen LogP contribution in [0.4, 0.5) is 5.69 Å². The molecule has 1 heterocycles. The molecule has 1 amide bonds. The highest BCUT2D eigenvalue weighted by Crippen LogP contribution is 2.26. The number of carbonyl (C=O) groups is 1. The summed E-state index contributed by atoms with van der Waals surface area (Å²) in [5.41, 5.74) is 2.14. The van der Waals surface area contributed by atoms with Crippen LogP contribution in [0.15, 0.2) is 29.1 Å². The third kappa shape index (κ3) is 2.32. The number of hydrogen-bond acceptors (Lipinski definition) is 4. The van der Waals surface area contributed by atoms with Gasteiger partial charge >= 0.3 is 0 Å². The predicted molar refractivity (Wildman–Crippen MR) is 63.2 cm³/mol. The number of hydrogen-bond donors (Lipinski definition) is 2. The summed E-state index contributed by atoms with van der Waals surface area (Å²) >= 11 is 7.07. The third-order valence-corrected chi connectivity index (χ3v) is 2.69. The van der Waals surface area contributed by atoms with Crippen molar-refractivity contribution in [3.8, 4) is 5.75 Å². The van der Waals surface area contributed by atoms with Crippen LogP contribution in [0.5, 0.6) is 5.75 Å². The van der Waals surface area contributed by atoms with Crippen LogP contribution in [-0.2, 0) is 0 Å². The number of nitrogens with one attached hydrogen (secondary N) is 1. The van der Waals surface area contributed by atoms with E-state index < -0.39 is 0 Å². The summed E-state index contributed by atoms with van der Waals surface area (Å²) in [6.45, 7) is 0. The number of aromatic nitrogens is 1. The second-order valence-corrected chi connectivity index (χ2v) is 4.14. The molecule has 16 heavy (non-hydrogen) atoms. The van der Waals surface area contributed by atoms with Gasteiger partial charge in [0, 0.05) is 10.4 Å². The Morgan fingerprint density at radius 2 is 2.31 bits per heavy atom. The van der Waals surface area contributed by atoms with Crippen molar-refractivity contribution < 1.29 is 9.90 Å². The molecular weight excluding hydrogens is 248 g/mol. The number of rotatable bonds is 2. The van der Waals surface area contributed by atoms with Crippen molar-refractivity contribution in [2.45, 2.75) is 0 Å². The predicted octanol–water partition coefficient (Wildman–Crippen LogP) is 2.75. The van der Waals surface area contributed by atoms with Gasteiger partial charge in [-0.2, -0.15) is 0 Å². The molecule has 0 saturated carbocycles. The molecule has 0 atom stereocenters. The molecule has 0 aliphatic carbocycles. The van der Waals surface area contributed by atoms with Gasteiger partial charge in [-0.1, -0.05) is 11.6 Å². The number of amides is 1. The van der Waals surface area contributed by atoms with E-state index in [9.17, 15) is 9.90 Å². The van der Waals surface area contributed by atoms with Crippen LogP contribution in [0.3, 0.4) is 0 Å². The summed E-state index contributed by atoms with van der Waals surface area (Å²) < 4.78 is 0. The Kier molecular flexibility index (Phi) is 3.07. The molecule has 0 saturated heterocycles. The summed E-state index contributed by atoms with van der Waals surface area (Å²) in [5, 5.41) is 14.1. The molecule has 4 nitrogen and oxygen atoms in total. The Hall–Kier alpha value is -1.59. The summed E-state index contributed by atoms with van der Waals surface area (Å²) in [7, 11) is 0. The molecule has 0 aliphatic rings. The first kappa shape index (κ1) is 10.9. The molecule has 0 unspecified atom stereocenters. The molecule has 0 fully saturated rings. The lowest BCUT2D eigenvalue weighted by Crippen LogP contribution is -2.12. The second kappa shape index (κ2) is 4.51. The first-order valence-electron chi connectivity index (χ1n) is 4.35. The van der Waals surface area contributed by atoms with E-state index >= 15 is 0 Å². The van der Waals surface area contributed by atoms with Crippen LogP contribution in [0.2, 0.25) is 5.02 Å². The van der Waals surface area contributed by atoms with Crippen molar-refractivity contribution in [1.82, 2.24) is 4.98 Å². The molecule has 2 rings (SSSR count). The maximum Gasteiger partial charge on any atom is 0.275 e. The lowest BCUT2D eigenvalue weighted by atomic mass is 10.3. The van der Waals surface area contributed by atoms with E-state index in [1.54, 1.807) is 10.9 Å². The number of carbonyl (C=O) groups excluding carboxylic acids is 1. The molecular formula is C10H7ClN2O2S. The van der Waals surface area contributed by atoms with Crippen LogP contribution >= 0.6 is 22.9 Å². The van der Waals surface area contributed by atoms with Crippen molar-refractivity contribution in [3.05, 3.63) is 39.8 Å². The van der Waals surface area contributed by atoms with Gasteiger partial charge in [0.2, 0.25) is 0 Å². The van der Waals surface area contributed by atoms with Crippen molar-refractivity contribution in [2.24, 2.45) is 0 Å². The zero-order valence-electron chi connectivity index (χ0n) is 7.98. The van der Waals surface area contributed by atoms with Crippen LogP contribution in [0, 0.1) is 0 Å². The maximum atomic E-state index is 11.6. The Labute approximate surface area is 101 Å². The van der Waals surface area contributed by atoms with Gasteiger partial charge in [0.1, 0.15) is 11.4 Å². The largest absolute Gasteiger partial charge is 0.506 e. The van der Waals surface area contributed by atoms with Gasteiger partial charge in [-0.3, -0.25) is 4.79 Å². The highest BCUT2D eigenvalue weighted by molar-refractivity contribution is 7.07. The average molecular weight is 255 g/mol.